The highest BCUT2D eigenvalue weighted by Gasteiger charge is 2.24. The van der Waals surface area contributed by atoms with Crippen LogP contribution in [-0.4, -0.2) is 34.3 Å². The molecule has 0 bridgehead atoms. The second kappa shape index (κ2) is 7.88. The zero-order valence-corrected chi connectivity index (χ0v) is 15.1. The van der Waals surface area contributed by atoms with Crippen LogP contribution >= 0.6 is 11.8 Å². The first-order valence-electron chi connectivity index (χ1n) is 7.82. The molecule has 0 unspecified atom stereocenters. The van der Waals surface area contributed by atoms with Gasteiger partial charge >= 0.3 is 5.97 Å². The molecular formula is C19H17N3O3S. The van der Waals surface area contributed by atoms with Crippen molar-refractivity contribution in [1.29, 1.82) is 0 Å². The topological polar surface area (TPSA) is 76.7 Å². The zero-order chi connectivity index (χ0) is 18.5. The number of para-hydroxylation sites is 1. The van der Waals surface area contributed by atoms with Crippen LogP contribution in [0.2, 0.25) is 0 Å². The van der Waals surface area contributed by atoms with Crippen molar-refractivity contribution in [2.45, 2.75) is 16.8 Å². The summed E-state index contributed by atoms with van der Waals surface area (Å²) >= 11 is 1.42. The second-order valence-corrected chi connectivity index (χ2v) is 6.53. The van der Waals surface area contributed by atoms with Crippen molar-refractivity contribution in [1.82, 2.24) is 9.78 Å². The largest absolute Gasteiger partial charge is 0.464 e. The normalized spacial score (nSPS) is 11.0. The average molecular weight is 367 g/mol. The molecule has 3 rings (SSSR count). The average Bonchev–Trinajstić information content (AvgIpc) is 3.02. The Morgan fingerprint density at radius 2 is 1.88 bits per heavy atom. The number of esters is 1. The number of oxime groups is 1. The van der Waals surface area contributed by atoms with Crippen LogP contribution in [0.5, 0.6) is 0 Å². The van der Waals surface area contributed by atoms with Crippen LogP contribution in [-0.2, 0) is 4.74 Å². The van der Waals surface area contributed by atoms with Crippen molar-refractivity contribution in [2.75, 3.05) is 7.11 Å². The van der Waals surface area contributed by atoms with E-state index in [1.807, 2.05) is 61.5 Å². The van der Waals surface area contributed by atoms with Gasteiger partial charge in [0, 0.05) is 4.90 Å². The third kappa shape index (κ3) is 3.62. The van der Waals surface area contributed by atoms with E-state index in [1.54, 1.807) is 4.68 Å². The van der Waals surface area contributed by atoms with E-state index in [9.17, 15) is 4.79 Å². The Bertz CT molecular complexity index is 935. The Kier molecular flexibility index (Phi) is 5.38. The minimum absolute atomic E-state index is 0.0868. The van der Waals surface area contributed by atoms with E-state index < -0.39 is 5.97 Å². The van der Waals surface area contributed by atoms with Crippen molar-refractivity contribution in [2.24, 2.45) is 5.16 Å². The monoisotopic (exact) mass is 367 g/mol. The number of ether oxygens (including phenoxy) is 1. The number of aromatic nitrogens is 2. The summed E-state index contributed by atoms with van der Waals surface area (Å²) in [4.78, 5) is 13.1. The van der Waals surface area contributed by atoms with E-state index in [-0.39, 0.29) is 5.69 Å². The van der Waals surface area contributed by atoms with Crippen LogP contribution in [0.3, 0.4) is 0 Å². The fraction of sp³-hybridized carbons (Fsp3) is 0.105. The number of carbonyl (C=O) groups is 1. The van der Waals surface area contributed by atoms with Crippen molar-refractivity contribution in [3.63, 3.8) is 0 Å². The third-order valence-corrected chi connectivity index (χ3v) is 4.77. The lowest BCUT2D eigenvalue weighted by atomic mass is 10.2. The molecule has 26 heavy (non-hydrogen) atoms. The highest BCUT2D eigenvalue weighted by Crippen LogP contribution is 2.33. The molecule has 132 valence electrons. The Morgan fingerprint density at radius 1 is 1.19 bits per heavy atom. The predicted molar refractivity (Wildman–Crippen MR) is 99.6 cm³/mol. The Balaban J connectivity index is 2.18. The van der Waals surface area contributed by atoms with Crippen molar-refractivity contribution in [3.05, 3.63) is 71.4 Å². The molecule has 0 saturated carbocycles. The Labute approximate surface area is 155 Å². The highest BCUT2D eigenvalue weighted by molar-refractivity contribution is 7.99. The molecular weight excluding hydrogens is 350 g/mol. The van der Waals surface area contributed by atoms with Gasteiger partial charge in [-0.2, -0.15) is 5.10 Å². The maximum atomic E-state index is 12.2. The first-order valence-corrected chi connectivity index (χ1v) is 8.64. The number of carbonyl (C=O) groups excluding carboxylic acids is 1. The molecule has 0 aliphatic heterocycles. The molecule has 0 saturated heterocycles. The summed E-state index contributed by atoms with van der Waals surface area (Å²) in [5, 5.41) is 17.2. The summed E-state index contributed by atoms with van der Waals surface area (Å²) in [7, 11) is 1.29. The molecule has 1 N–H and O–H groups in total. The molecule has 0 aliphatic carbocycles. The maximum absolute atomic E-state index is 12.2. The number of benzene rings is 2. The number of nitrogens with zero attached hydrogens (tertiary/aromatic N) is 3. The molecule has 2 aromatic carbocycles. The van der Waals surface area contributed by atoms with Gasteiger partial charge in [-0.3, -0.25) is 0 Å². The molecule has 3 aromatic rings. The fourth-order valence-electron chi connectivity index (χ4n) is 2.40. The van der Waals surface area contributed by atoms with E-state index in [4.69, 9.17) is 9.94 Å². The number of rotatable bonds is 5. The van der Waals surface area contributed by atoms with Gasteiger partial charge in [-0.15, -0.1) is 0 Å². The number of hydrogen-bond acceptors (Lipinski definition) is 6. The standard InChI is InChI=1S/C19H17N3O3S/c1-13-8-10-15(11-9-13)26-18-16(12-20-24)17(19(23)25-2)21-22(18)14-6-4-3-5-7-14/h3-12,24H,1-2H3/b20-12-. The third-order valence-electron chi connectivity index (χ3n) is 3.68. The van der Waals surface area contributed by atoms with Gasteiger partial charge in [0.25, 0.3) is 0 Å². The Hall–Kier alpha value is -3.06. The van der Waals surface area contributed by atoms with E-state index in [0.717, 1.165) is 16.1 Å². The van der Waals surface area contributed by atoms with Crippen LogP contribution in [0, 0.1) is 6.92 Å². The van der Waals surface area contributed by atoms with Gasteiger partial charge in [-0.1, -0.05) is 52.8 Å². The van der Waals surface area contributed by atoms with E-state index in [2.05, 4.69) is 10.3 Å². The lowest BCUT2D eigenvalue weighted by Crippen LogP contribution is -2.06. The summed E-state index contributed by atoms with van der Waals surface area (Å²) < 4.78 is 6.47. The minimum atomic E-state index is -0.597. The van der Waals surface area contributed by atoms with Gasteiger partial charge in [0.05, 0.1) is 24.6 Å². The predicted octanol–water partition coefficient (Wildman–Crippen LogP) is 3.93. The molecule has 6 nitrogen and oxygen atoms in total. The van der Waals surface area contributed by atoms with Crippen molar-refractivity contribution < 1.29 is 14.7 Å². The van der Waals surface area contributed by atoms with Gasteiger partial charge in [-0.25, -0.2) is 9.48 Å². The maximum Gasteiger partial charge on any atom is 0.359 e. The van der Waals surface area contributed by atoms with Crippen LogP contribution in [0.15, 0.2) is 69.7 Å². The summed E-state index contributed by atoms with van der Waals surface area (Å²) in [5.41, 5.74) is 2.42. The fourth-order valence-corrected chi connectivity index (χ4v) is 3.38. The van der Waals surface area contributed by atoms with E-state index in [1.165, 1.54) is 25.1 Å². The Morgan fingerprint density at radius 3 is 2.50 bits per heavy atom. The quantitative estimate of drug-likeness (QED) is 0.320. The molecule has 0 radical (unpaired) electrons. The van der Waals surface area contributed by atoms with Gasteiger partial charge in [-0.05, 0) is 31.2 Å². The van der Waals surface area contributed by atoms with Crippen molar-refractivity contribution >= 4 is 23.9 Å². The summed E-state index contributed by atoms with van der Waals surface area (Å²) in [6.07, 6.45) is 1.20. The van der Waals surface area contributed by atoms with Crippen LogP contribution in [0.25, 0.3) is 5.69 Å². The highest BCUT2D eigenvalue weighted by atomic mass is 32.2. The minimum Gasteiger partial charge on any atom is -0.464 e. The van der Waals surface area contributed by atoms with Crippen LogP contribution in [0.1, 0.15) is 21.6 Å². The van der Waals surface area contributed by atoms with Crippen LogP contribution < -0.4 is 0 Å². The molecule has 0 aliphatic rings. The summed E-state index contributed by atoms with van der Waals surface area (Å²) in [6.45, 7) is 2.02. The molecule has 0 fully saturated rings. The van der Waals surface area contributed by atoms with E-state index in [0.29, 0.717) is 10.6 Å². The van der Waals surface area contributed by atoms with Crippen LogP contribution in [0.4, 0.5) is 0 Å². The number of hydrogen-bond donors (Lipinski definition) is 1. The number of methoxy groups -OCH3 is 1. The molecule has 0 spiro atoms. The number of aryl methyl sites for hydroxylation is 1. The molecule has 1 heterocycles. The smallest absolute Gasteiger partial charge is 0.359 e. The lowest BCUT2D eigenvalue weighted by Gasteiger charge is -2.08. The zero-order valence-electron chi connectivity index (χ0n) is 14.3. The summed E-state index contributed by atoms with van der Waals surface area (Å²) in [5.74, 6) is -0.597. The molecule has 0 atom stereocenters. The summed E-state index contributed by atoms with van der Waals surface area (Å²) in [6, 6.07) is 17.4. The molecule has 1 aromatic heterocycles. The second-order valence-electron chi connectivity index (χ2n) is 5.47. The lowest BCUT2D eigenvalue weighted by molar-refractivity contribution is 0.0593. The SMILES string of the molecule is COC(=O)c1nn(-c2ccccc2)c(Sc2ccc(C)cc2)c1/C=N\O. The first kappa shape index (κ1) is 17.8. The van der Waals surface area contributed by atoms with Gasteiger partial charge < -0.3 is 9.94 Å². The first-order chi connectivity index (χ1) is 12.6. The van der Waals surface area contributed by atoms with Gasteiger partial charge in [0.15, 0.2) is 5.69 Å². The molecule has 7 heteroatoms. The van der Waals surface area contributed by atoms with Gasteiger partial charge in [0.1, 0.15) is 5.03 Å². The molecule has 0 amide bonds. The van der Waals surface area contributed by atoms with Crippen molar-refractivity contribution in [3.8, 4) is 5.69 Å². The van der Waals surface area contributed by atoms with E-state index >= 15 is 0 Å². The van der Waals surface area contributed by atoms with Gasteiger partial charge in [0.2, 0.25) is 0 Å².